The highest BCUT2D eigenvalue weighted by Crippen LogP contribution is 2.33. The van der Waals surface area contributed by atoms with E-state index < -0.39 is 0 Å². The molecule has 0 amide bonds. The molecule has 2 aromatic carbocycles. The third kappa shape index (κ3) is 3.44. The Labute approximate surface area is 179 Å². The van der Waals surface area contributed by atoms with Crippen LogP contribution in [0.4, 0.5) is 5.82 Å². The van der Waals surface area contributed by atoms with Crippen LogP contribution in [0.1, 0.15) is 5.56 Å². The quantitative estimate of drug-likeness (QED) is 0.509. The third-order valence-corrected chi connectivity index (χ3v) is 5.84. The molecule has 0 aliphatic carbocycles. The molecule has 0 atom stereocenters. The van der Waals surface area contributed by atoms with Gasteiger partial charge in [0.05, 0.1) is 5.69 Å². The Kier molecular flexibility index (Phi) is 4.42. The van der Waals surface area contributed by atoms with Gasteiger partial charge in [-0.25, -0.2) is 4.98 Å². The van der Waals surface area contributed by atoms with Crippen molar-refractivity contribution < 1.29 is 9.47 Å². The summed E-state index contributed by atoms with van der Waals surface area (Å²) in [6.07, 6.45) is 1.57. The predicted molar refractivity (Wildman–Crippen MR) is 116 cm³/mol. The van der Waals surface area contributed by atoms with Gasteiger partial charge in [0.2, 0.25) is 6.79 Å². The van der Waals surface area contributed by atoms with Gasteiger partial charge in [-0.15, -0.1) is 0 Å². The predicted octanol–water partition coefficient (Wildman–Crippen LogP) is 2.84. The van der Waals surface area contributed by atoms with Gasteiger partial charge in [-0.1, -0.05) is 36.4 Å². The van der Waals surface area contributed by atoms with E-state index >= 15 is 0 Å². The lowest BCUT2D eigenvalue weighted by molar-refractivity contribution is 0.174. The van der Waals surface area contributed by atoms with E-state index in [0.717, 1.165) is 61.3 Å². The maximum atomic E-state index is 5.51. The summed E-state index contributed by atoms with van der Waals surface area (Å²) in [5.74, 6) is 3.33. The van der Waals surface area contributed by atoms with Crippen molar-refractivity contribution in [3.63, 3.8) is 0 Å². The largest absolute Gasteiger partial charge is 0.454 e. The van der Waals surface area contributed by atoms with Crippen LogP contribution in [-0.2, 0) is 6.54 Å². The highest BCUT2D eigenvalue weighted by molar-refractivity contribution is 5.65. The number of hydrogen-bond donors (Lipinski definition) is 0. The molecule has 0 spiro atoms. The lowest BCUT2D eigenvalue weighted by Crippen LogP contribution is -2.46. The van der Waals surface area contributed by atoms with Crippen molar-refractivity contribution in [3.05, 3.63) is 66.5 Å². The smallest absolute Gasteiger partial charge is 0.254 e. The molecule has 4 heterocycles. The van der Waals surface area contributed by atoms with Crippen molar-refractivity contribution in [1.29, 1.82) is 0 Å². The van der Waals surface area contributed by atoms with E-state index in [0.29, 0.717) is 12.6 Å². The first-order chi connectivity index (χ1) is 15.3. The topological polar surface area (TPSA) is 68.0 Å². The van der Waals surface area contributed by atoms with Gasteiger partial charge < -0.3 is 14.4 Å². The fourth-order valence-corrected chi connectivity index (χ4v) is 4.21. The van der Waals surface area contributed by atoms with Gasteiger partial charge in [0.15, 0.2) is 11.5 Å². The summed E-state index contributed by atoms with van der Waals surface area (Å²) in [6, 6.07) is 18.5. The van der Waals surface area contributed by atoms with E-state index in [1.54, 1.807) is 6.33 Å². The van der Waals surface area contributed by atoms with Crippen molar-refractivity contribution in [2.24, 2.45) is 0 Å². The Morgan fingerprint density at radius 1 is 0.871 bits per heavy atom. The molecule has 2 aromatic heterocycles. The van der Waals surface area contributed by atoms with Crippen molar-refractivity contribution in [3.8, 4) is 22.8 Å². The van der Waals surface area contributed by atoms with Crippen LogP contribution >= 0.6 is 0 Å². The van der Waals surface area contributed by atoms with Crippen LogP contribution in [-0.4, -0.2) is 57.5 Å². The van der Waals surface area contributed by atoms with Crippen LogP contribution in [0.2, 0.25) is 0 Å². The third-order valence-electron chi connectivity index (χ3n) is 5.84. The molecule has 8 nitrogen and oxygen atoms in total. The zero-order chi connectivity index (χ0) is 20.6. The number of piperazine rings is 1. The molecule has 0 saturated carbocycles. The lowest BCUT2D eigenvalue weighted by Gasteiger charge is -2.36. The van der Waals surface area contributed by atoms with Gasteiger partial charge >= 0.3 is 0 Å². The second-order valence-corrected chi connectivity index (χ2v) is 7.79. The van der Waals surface area contributed by atoms with E-state index in [9.17, 15) is 0 Å². The molecule has 156 valence electrons. The number of benzene rings is 2. The summed E-state index contributed by atoms with van der Waals surface area (Å²) >= 11 is 0. The molecule has 2 aliphatic heterocycles. The first-order valence-corrected chi connectivity index (χ1v) is 10.5. The zero-order valence-electron chi connectivity index (χ0n) is 17.0. The first-order valence-electron chi connectivity index (χ1n) is 10.5. The molecule has 0 N–H and O–H groups in total. The first kappa shape index (κ1) is 18.1. The Bertz CT molecular complexity index is 1220. The monoisotopic (exact) mass is 414 g/mol. The average Bonchev–Trinajstić information content (AvgIpc) is 3.48. The van der Waals surface area contributed by atoms with Crippen molar-refractivity contribution in [1.82, 2.24) is 24.5 Å². The van der Waals surface area contributed by atoms with E-state index in [-0.39, 0.29) is 0 Å². The maximum Gasteiger partial charge on any atom is 0.254 e. The molecule has 0 bridgehead atoms. The number of hydrogen-bond acceptors (Lipinski definition) is 7. The molecule has 31 heavy (non-hydrogen) atoms. The van der Waals surface area contributed by atoms with Gasteiger partial charge in [-0.2, -0.15) is 14.6 Å². The molecule has 1 saturated heterocycles. The summed E-state index contributed by atoms with van der Waals surface area (Å²) < 4.78 is 12.8. The van der Waals surface area contributed by atoms with Crippen LogP contribution in [0.15, 0.2) is 60.9 Å². The average molecular weight is 414 g/mol. The Morgan fingerprint density at radius 2 is 1.71 bits per heavy atom. The Balaban J connectivity index is 1.20. The van der Waals surface area contributed by atoms with E-state index in [2.05, 4.69) is 50.2 Å². The number of rotatable bonds is 4. The van der Waals surface area contributed by atoms with Gasteiger partial charge in [-0.05, 0) is 17.7 Å². The lowest BCUT2D eigenvalue weighted by atomic mass is 10.1. The molecule has 6 rings (SSSR count). The van der Waals surface area contributed by atoms with E-state index in [4.69, 9.17) is 14.5 Å². The number of nitrogens with zero attached hydrogens (tertiary/aromatic N) is 6. The molecule has 4 aromatic rings. The van der Waals surface area contributed by atoms with Crippen LogP contribution in [0.5, 0.6) is 11.5 Å². The van der Waals surface area contributed by atoms with Crippen molar-refractivity contribution in [2.45, 2.75) is 6.54 Å². The van der Waals surface area contributed by atoms with Crippen LogP contribution in [0.3, 0.4) is 0 Å². The minimum Gasteiger partial charge on any atom is -0.454 e. The standard InChI is InChI=1S/C23H22N6O2/c1-2-4-18(5-3-1)19-13-22(29-23(26-19)24-15-25-29)28-10-8-27(9-11-28)14-17-6-7-20-21(12-17)31-16-30-20/h1-7,12-13,15H,8-11,14,16H2. The van der Waals surface area contributed by atoms with Gasteiger partial charge in [0.1, 0.15) is 12.1 Å². The molecule has 8 heteroatoms. The minimum absolute atomic E-state index is 0.311. The molecule has 0 radical (unpaired) electrons. The van der Waals surface area contributed by atoms with Gasteiger partial charge in [-0.3, -0.25) is 4.90 Å². The molecule has 0 unspecified atom stereocenters. The molecular formula is C23H22N6O2. The van der Waals surface area contributed by atoms with Crippen molar-refractivity contribution >= 4 is 11.6 Å². The number of ether oxygens (including phenoxy) is 2. The minimum atomic E-state index is 0.311. The van der Waals surface area contributed by atoms with Crippen LogP contribution in [0.25, 0.3) is 17.0 Å². The Hall–Kier alpha value is -3.65. The summed E-state index contributed by atoms with van der Waals surface area (Å²) in [6.45, 7) is 4.97. The molecule has 1 fully saturated rings. The highest BCUT2D eigenvalue weighted by Gasteiger charge is 2.22. The summed E-state index contributed by atoms with van der Waals surface area (Å²) in [4.78, 5) is 13.9. The van der Waals surface area contributed by atoms with Crippen LogP contribution < -0.4 is 14.4 Å². The van der Waals surface area contributed by atoms with E-state index in [1.807, 2.05) is 28.8 Å². The summed E-state index contributed by atoms with van der Waals surface area (Å²) in [5, 5.41) is 4.41. The second-order valence-electron chi connectivity index (χ2n) is 7.79. The highest BCUT2D eigenvalue weighted by atomic mass is 16.7. The molecule has 2 aliphatic rings. The van der Waals surface area contributed by atoms with Gasteiger partial charge in [0, 0.05) is 44.4 Å². The maximum absolute atomic E-state index is 5.51. The number of anilines is 1. The fourth-order valence-electron chi connectivity index (χ4n) is 4.21. The zero-order valence-corrected chi connectivity index (χ0v) is 17.0. The van der Waals surface area contributed by atoms with Crippen LogP contribution in [0, 0.1) is 0 Å². The number of aromatic nitrogens is 4. The molecular weight excluding hydrogens is 392 g/mol. The second kappa shape index (κ2) is 7.55. The SMILES string of the molecule is c1ccc(-c2cc(N3CCN(Cc4ccc5c(c4)OCO5)CC3)n3ncnc3n2)cc1. The number of fused-ring (bicyclic) bond motifs is 2. The van der Waals surface area contributed by atoms with Gasteiger partial charge in [0.25, 0.3) is 5.78 Å². The fraction of sp³-hybridized carbons (Fsp3) is 0.261. The van der Waals surface area contributed by atoms with Crippen molar-refractivity contribution in [2.75, 3.05) is 37.9 Å². The summed E-state index contributed by atoms with van der Waals surface area (Å²) in [7, 11) is 0. The summed E-state index contributed by atoms with van der Waals surface area (Å²) in [5.41, 5.74) is 3.24. The normalized spacial score (nSPS) is 16.2. The van der Waals surface area contributed by atoms with E-state index in [1.165, 1.54) is 5.56 Å². The Morgan fingerprint density at radius 3 is 2.58 bits per heavy atom.